The van der Waals surface area contributed by atoms with Crippen molar-refractivity contribution in [3.63, 3.8) is 0 Å². The molecule has 4 heteroatoms. The Morgan fingerprint density at radius 2 is 1.13 bits per heavy atom. The topological polar surface area (TPSA) is 42.3 Å². The molecule has 0 radical (unpaired) electrons. The summed E-state index contributed by atoms with van der Waals surface area (Å²) in [4.78, 5) is 26.8. The average Bonchev–Trinajstić information content (AvgIpc) is 3.72. The fourth-order valence-corrected chi connectivity index (χ4v) is 8.01. The lowest BCUT2D eigenvalue weighted by Crippen LogP contribution is -2.10. The van der Waals surface area contributed by atoms with E-state index in [1.165, 1.54) is 22.3 Å². The Balaban J connectivity index is 1.15. The zero-order chi connectivity index (χ0) is 36.1. The number of aromatic nitrogens is 1. The van der Waals surface area contributed by atoms with Crippen molar-refractivity contribution in [2.24, 2.45) is 0 Å². The number of nitrogens with zero attached hydrogens (tertiary/aromatic N) is 2. The van der Waals surface area contributed by atoms with Crippen molar-refractivity contribution < 1.29 is 9.59 Å². The van der Waals surface area contributed by atoms with Gasteiger partial charge in [-0.1, -0.05) is 114 Å². The fraction of sp³-hybridized carbons (Fsp3) is 0.0612. The molecule has 1 unspecified atom stereocenters. The molecule has 1 aliphatic rings. The van der Waals surface area contributed by atoms with E-state index in [1.807, 2.05) is 30.3 Å². The van der Waals surface area contributed by atoms with Gasteiger partial charge in [0.15, 0.2) is 6.29 Å². The largest absolute Gasteiger partial charge is 0.311 e. The van der Waals surface area contributed by atoms with Gasteiger partial charge < -0.3 is 9.47 Å². The number of para-hydroxylation sites is 1. The number of hydrogen-bond donors (Lipinski definition) is 0. The first-order valence-corrected chi connectivity index (χ1v) is 17.9. The molecule has 0 aliphatic heterocycles. The second-order valence-corrected chi connectivity index (χ2v) is 13.9. The van der Waals surface area contributed by atoms with Crippen LogP contribution in [0.2, 0.25) is 0 Å². The van der Waals surface area contributed by atoms with E-state index in [4.69, 9.17) is 0 Å². The summed E-state index contributed by atoms with van der Waals surface area (Å²) in [6.07, 6.45) is 1.90. The Kier molecular flexibility index (Phi) is 7.93. The van der Waals surface area contributed by atoms with Crippen molar-refractivity contribution in [2.45, 2.75) is 19.8 Å². The highest BCUT2D eigenvalue weighted by Gasteiger charge is 2.30. The van der Waals surface area contributed by atoms with Gasteiger partial charge in [0.25, 0.3) is 0 Å². The average molecular weight is 685 g/mol. The van der Waals surface area contributed by atoms with Crippen LogP contribution in [-0.4, -0.2) is 17.1 Å². The van der Waals surface area contributed by atoms with Gasteiger partial charge in [-0.15, -0.1) is 0 Å². The van der Waals surface area contributed by atoms with E-state index in [1.54, 1.807) is 0 Å². The van der Waals surface area contributed by atoms with E-state index in [0.717, 1.165) is 74.2 Å². The molecule has 0 amide bonds. The highest BCUT2D eigenvalue weighted by atomic mass is 16.1. The minimum Gasteiger partial charge on any atom is -0.311 e. The van der Waals surface area contributed by atoms with E-state index in [9.17, 15) is 9.59 Å². The van der Waals surface area contributed by atoms with Gasteiger partial charge in [0.2, 0.25) is 0 Å². The zero-order valence-corrected chi connectivity index (χ0v) is 29.5. The van der Waals surface area contributed by atoms with Gasteiger partial charge in [-0.25, -0.2) is 0 Å². The number of hydrogen-bond acceptors (Lipinski definition) is 3. The molecular formula is C49H36N2O2. The molecule has 1 aliphatic carbocycles. The molecule has 0 spiro atoms. The van der Waals surface area contributed by atoms with Gasteiger partial charge >= 0.3 is 0 Å². The highest BCUT2D eigenvalue weighted by molar-refractivity contribution is 6.06. The molecule has 0 bridgehead atoms. The summed E-state index contributed by atoms with van der Waals surface area (Å²) in [7, 11) is 0. The van der Waals surface area contributed by atoms with Crippen LogP contribution in [0.3, 0.4) is 0 Å². The molecule has 0 saturated carbocycles. The standard InChI is InChI=1S/C49H36N2O2/c1-32-11-20-37(21-12-32)50(38-22-13-33(2)14-23-38)39-24-26-40(27-25-39)51-47-10-6-5-8-42(47)46(31-53)49(51)36-18-16-35(17-19-36)48-43-9-4-3-7-41(43)45-29-34(30-52)15-28-44(45)48/h3-31,48H,1-2H3. The highest BCUT2D eigenvalue weighted by Crippen LogP contribution is 2.48. The van der Waals surface area contributed by atoms with E-state index < -0.39 is 0 Å². The van der Waals surface area contributed by atoms with E-state index >= 15 is 0 Å². The Bertz CT molecular complexity index is 2600. The van der Waals surface area contributed by atoms with Crippen molar-refractivity contribution in [3.05, 3.63) is 203 Å². The van der Waals surface area contributed by atoms with Crippen LogP contribution < -0.4 is 4.90 Å². The molecule has 9 rings (SSSR count). The quantitative estimate of drug-likeness (QED) is 0.150. The van der Waals surface area contributed by atoms with Crippen molar-refractivity contribution in [3.8, 4) is 28.1 Å². The van der Waals surface area contributed by atoms with Crippen molar-refractivity contribution in [2.75, 3.05) is 4.90 Å². The maximum atomic E-state index is 12.9. The smallest absolute Gasteiger partial charge is 0.152 e. The number of rotatable bonds is 8. The molecule has 0 saturated heterocycles. The molecule has 8 aromatic rings. The summed E-state index contributed by atoms with van der Waals surface area (Å²) in [5.74, 6) is 0.0462. The maximum absolute atomic E-state index is 12.9. The van der Waals surface area contributed by atoms with Crippen LogP contribution >= 0.6 is 0 Å². The summed E-state index contributed by atoms with van der Waals surface area (Å²) in [6, 6.07) is 57.0. The summed E-state index contributed by atoms with van der Waals surface area (Å²) in [6.45, 7) is 4.21. The second kappa shape index (κ2) is 13.1. The number of benzene rings is 7. The van der Waals surface area contributed by atoms with Crippen LogP contribution in [-0.2, 0) is 0 Å². The van der Waals surface area contributed by atoms with Crippen LogP contribution in [0.25, 0.3) is 39.0 Å². The molecule has 7 aromatic carbocycles. The Hall–Kier alpha value is -6.78. The van der Waals surface area contributed by atoms with Gasteiger partial charge in [0.05, 0.1) is 11.2 Å². The first kappa shape index (κ1) is 32.1. The van der Waals surface area contributed by atoms with Gasteiger partial charge in [-0.2, -0.15) is 0 Å². The van der Waals surface area contributed by atoms with Crippen LogP contribution in [0.15, 0.2) is 164 Å². The molecule has 53 heavy (non-hydrogen) atoms. The number of aryl methyl sites for hydroxylation is 2. The number of anilines is 3. The molecule has 0 fully saturated rings. The summed E-state index contributed by atoms with van der Waals surface area (Å²) in [5, 5.41) is 0.913. The summed E-state index contributed by atoms with van der Waals surface area (Å²) < 4.78 is 2.21. The van der Waals surface area contributed by atoms with Crippen molar-refractivity contribution in [1.82, 2.24) is 4.57 Å². The number of fused-ring (bicyclic) bond motifs is 4. The van der Waals surface area contributed by atoms with Crippen LogP contribution in [0.4, 0.5) is 17.1 Å². The van der Waals surface area contributed by atoms with Crippen molar-refractivity contribution in [1.29, 1.82) is 0 Å². The summed E-state index contributed by atoms with van der Waals surface area (Å²) >= 11 is 0. The predicted molar refractivity (Wildman–Crippen MR) is 216 cm³/mol. The third-order valence-electron chi connectivity index (χ3n) is 10.6. The number of carbonyl (C=O) groups excluding carboxylic acids is 2. The zero-order valence-electron chi connectivity index (χ0n) is 29.5. The van der Waals surface area contributed by atoms with E-state index in [2.05, 4.69) is 157 Å². The molecular weight excluding hydrogens is 649 g/mol. The Morgan fingerprint density at radius 3 is 1.77 bits per heavy atom. The lowest BCUT2D eigenvalue weighted by atomic mass is 9.88. The number of aldehydes is 2. The fourth-order valence-electron chi connectivity index (χ4n) is 8.01. The van der Waals surface area contributed by atoms with Gasteiger partial charge in [-0.05, 0) is 108 Å². The van der Waals surface area contributed by atoms with E-state index in [0.29, 0.717) is 11.1 Å². The SMILES string of the molecule is Cc1ccc(N(c2ccc(C)cc2)c2ccc(-n3c(-c4ccc(C5c6ccccc6-c6cc(C=O)ccc65)cc4)c(C=O)c4ccccc43)cc2)cc1. The van der Waals surface area contributed by atoms with Crippen LogP contribution in [0.1, 0.15) is 54.5 Å². The van der Waals surface area contributed by atoms with Gasteiger partial charge in [0.1, 0.15) is 6.29 Å². The van der Waals surface area contributed by atoms with Crippen LogP contribution in [0, 0.1) is 13.8 Å². The molecule has 0 N–H and O–H groups in total. The molecule has 1 aromatic heterocycles. The third kappa shape index (κ3) is 5.47. The monoisotopic (exact) mass is 684 g/mol. The Morgan fingerprint density at radius 1 is 0.547 bits per heavy atom. The molecule has 4 nitrogen and oxygen atoms in total. The first-order valence-electron chi connectivity index (χ1n) is 17.9. The van der Waals surface area contributed by atoms with Crippen molar-refractivity contribution >= 4 is 40.5 Å². The first-order chi connectivity index (χ1) is 26.0. The van der Waals surface area contributed by atoms with E-state index in [-0.39, 0.29) is 5.92 Å². The minimum atomic E-state index is 0.0462. The normalized spacial score (nSPS) is 13.1. The Labute approximate surface area is 309 Å². The lowest BCUT2D eigenvalue weighted by Gasteiger charge is -2.26. The lowest BCUT2D eigenvalue weighted by molar-refractivity contribution is 0.111. The van der Waals surface area contributed by atoms with Gasteiger partial charge in [-0.3, -0.25) is 9.59 Å². The number of carbonyl (C=O) groups is 2. The van der Waals surface area contributed by atoms with Crippen LogP contribution in [0.5, 0.6) is 0 Å². The second-order valence-electron chi connectivity index (χ2n) is 13.9. The maximum Gasteiger partial charge on any atom is 0.152 e. The third-order valence-corrected chi connectivity index (χ3v) is 10.6. The minimum absolute atomic E-state index is 0.0462. The predicted octanol–water partition coefficient (Wildman–Crippen LogP) is 12.2. The summed E-state index contributed by atoms with van der Waals surface area (Å²) in [5.41, 5.74) is 16.6. The molecule has 1 atom stereocenters. The van der Waals surface area contributed by atoms with Gasteiger partial charge in [0, 0.05) is 45.2 Å². The molecule has 254 valence electrons. The molecule has 1 heterocycles.